The van der Waals surface area contributed by atoms with Gasteiger partial charge >= 0.3 is 6.18 Å². The van der Waals surface area contributed by atoms with E-state index < -0.39 is 24.2 Å². The van der Waals surface area contributed by atoms with Crippen LogP contribution < -0.4 is 10.2 Å². The lowest BCUT2D eigenvalue weighted by molar-refractivity contribution is -0.304. The Morgan fingerprint density at radius 3 is 2.50 bits per heavy atom. The minimum atomic E-state index is -4.98. The number of nitrogens with one attached hydrogen (secondary N) is 1. The van der Waals surface area contributed by atoms with E-state index in [4.69, 9.17) is 4.74 Å². The molecule has 1 aliphatic heterocycles. The average molecular weight is 372 g/mol. The van der Waals surface area contributed by atoms with Crippen molar-refractivity contribution in [1.82, 2.24) is 10.4 Å². The summed E-state index contributed by atoms with van der Waals surface area (Å²) in [6.45, 7) is 3.85. The lowest BCUT2D eigenvalue weighted by Gasteiger charge is -2.33. The lowest BCUT2D eigenvalue weighted by Crippen LogP contribution is -2.60. The Morgan fingerprint density at radius 1 is 1.38 bits per heavy atom. The first-order valence-corrected chi connectivity index (χ1v) is 8.27. The summed E-state index contributed by atoms with van der Waals surface area (Å²) in [6, 6.07) is 6.41. The molecular weight excluding hydrogens is 349 g/mol. The van der Waals surface area contributed by atoms with Crippen LogP contribution in [0.25, 0.3) is 0 Å². The molecule has 0 aliphatic carbocycles. The van der Waals surface area contributed by atoms with E-state index in [0.717, 1.165) is 0 Å². The highest BCUT2D eigenvalue weighted by atomic mass is 19.4. The molecule has 2 N–H and O–H groups in total. The summed E-state index contributed by atoms with van der Waals surface area (Å²) >= 11 is 0. The van der Waals surface area contributed by atoms with Crippen LogP contribution in [0.5, 0.6) is 5.75 Å². The van der Waals surface area contributed by atoms with Crippen LogP contribution in [0.1, 0.15) is 32.3 Å². The SMILES string of the molecule is COc1ccc(CC(=O)N2NC(=CCC(C)C)CC2(O)C(F)(F)F)cc1. The van der Waals surface area contributed by atoms with Crippen LogP contribution >= 0.6 is 0 Å². The number of methoxy groups -OCH3 is 1. The molecule has 1 saturated heterocycles. The number of allylic oxidation sites excluding steroid dienone is 1. The first kappa shape index (κ1) is 20.1. The Hall–Kier alpha value is -2.22. The second kappa shape index (κ2) is 7.57. The van der Waals surface area contributed by atoms with Crippen LogP contribution in [0.15, 0.2) is 36.0 Å². The third kappa shape index (κ3) is 4.30. The molecule has 0 spiro atoms. The van der Waals surface area contributed by atoms with Gasteiger partial charge in [0.2, 0.25) is 5.91 Å². The number of rotatable bonds is 5. The molecule has 144 valence electrons. The van der Waals surface area contributed by atoms with Crippen molar-refractivity contribution in [2.45, 2.75) is 45.0 Å². The molecule has 1 unspecified atom stereocenters. The van der Waals surface area contributed by atoms with Gasteiger partial charge in [-0.2, -0.15) is 13.2 Å². The van der Waals surface area contributed by atoms with Crippen molar-refractivity contribution in [3.8, 4) is 5.75 Å². The van der Waals surface area contributed by atoms with Crippen molar-refractivity contribution in [1.29, 1.82) is 0 Å². The van der Waals surface area contributed by atoms with Gasteiger partial charge in [-0.05, 0) is 30.0 Å². The van der Waals surface area contributed by atoms with Gasteiger partial charge in [-0.25, -0.2) is 5.01 Å². The molecule has 1 aromatic rings. The van der Waals surface area contributed by atoms with Gasteiger partial charge in [0.1, 0.15) is 5.75 Å². The van der Waals surface area contributed by atoms with Gasteiger partial charge in [0.15, 0.2) is 0 Å². The molecule has 1 heterocycles. The summed E-state index contributed by atoms with van der Waals surface area (Å²) in [4.78, 5) is 12.5. The molecule has 8 heteroatoms. The van der Waals surface area contributed by atoms with E-state index in [-0.39, 0.29) is 18.0 Å². The number of benzene rings is 1. The van der Waals surface area contributed by atoms with Crippen molar-refractivity contribution in [3.63, 3.8) is 0 Å². The summed E-state index contributed by atoms with van der Waals surface area (Å²) in [5.74, 6) is -0.0542. The maximum absolute atomic E-state index is 13.4. The summed E-state index contributed by atoms with van der Waals surface area (Å²) in [7, 11) is 1.49. The third-order valence-corrected chi connectivity index (χ3v) is 4.12. The van der Waals surface area contributed by atoms with Crippen molar-refractivity contribution < 1.29 is 27.8 Å². The molecule has 1 aromatic carbocycles. The van der Waals surface area contributed by atoms with Gasteiger partial charge in [0.25, 0.3) is 5.72 Å². The second-order valence-corrected chi connectivity index (χ2v) is 6.72. The minimum Gasteiger partial charge on any atom is -0.497 e. The van der Waals surface area contributed by atoms with Gasteiger partial charge in [-0.1, -0.05) is 32.1 Å². The standard InChI is InChI=1S/C18H23F3N2O3/c1-12(2)4-7-14-11-17(25,18(19,20)21)23(22-14)16(24)10-13-5-8-15(26-3)9-6-13/h5-9,12,22,25H,4,10-11H2,1-3H3. The fourth-order valence-electron chi connectivity index (χ4n) is 2.61. The first-order valence-electron chi connectivity index (χ1n) is 8.27. The molecule has 1 atom stereocenters. The fraction of sp³-hybridized carbons (Fsp3) is 0.500. The van der Waals surface area contributed by atoms with Gasteiger partial charge < -0.3 is 9.84 Å². The maximum Gasteiger partial charge on any atom is 0.438 e. The number of amides is 1. The molecule has 1 aliphatic rings. The predicted octanol–water partition coefficient (Wildman–Crippen LogP) is 3.16. The Kier molecular flexibility index (Phi) is 5.85. The monoisotopic (exact) mass is 372 g/mol. The van der Waals surface area contributed by atoms with Crippen molar-refractivity contribution in [2.24, 2.45) is 5.92 Å². The largest absolute Gasteiger partial charge is 0.497 e. The number of ether oxygens (including phenoxy) is 1. The zero-order chi connectivity index (χ0) is 19.5. The normalized spacial score (nSPS) is 22.0. The molecule has 26 heavy (non-hydrogen) atoms. The summed E-state index contributed by atoms with van der Waals surface area (Å²) in [5, 5.41) is 10.5. The van der Waals surface area contributed by atoms with Crippen LogP contribution in [0.3, 0.4) is 0 Å². The number of carbonyl (C=O) groups excluding carboxylic acids is 1. The topological polar surface area (TPSA) is 61.8 Å². The van der Waals surface area contributed by atoms with Crippen LogP contribution in [0, 0.1) is 5.92 Å². The Bertz CT molecular complexity index is 671. The molecule has 0 radical (unpaired) electrons. The molecule has 0 saturated carbocycles. The van der Waals surface area contributed by atoms with E-state index in [1.54, 1.807) is 30.3 Å². The summed E-state index contributed by atoms with van der Waals surface area (Å²) in [6.07, 6.45) is -3.85. The number of aliphatic hydroxyl groups is 1. The summed E-state index contributed by atoms with van der Waals surface area (Å²) in [5.41, 5.74) is -0.131. The van der Waals surface area contributed by atoms with Gasteiger partial charge in [0, 0.05) is 12.1 Å². The molecule has 5 nitrogen and oxygen atoms in total. The molecule has 0 bridgehead atoms. The van der Waals surface area contributed by atoms with Crippen molar-refractivity contribution in [3.05, 3.63) is 41.6 Å². The van der Waals surface area contributed by atoms with Crippen LogP contribution in [0.2, 0.25) is 0 Å². The smallest absolute Gasteiger partial charge is 0.438 e. The van der Waals surface area contributed by atoms with Crippen LogP contribution in [-0.4, -0.2) is 35.0 Å². The Balaban J connectivity index is 2.21. The molecule has 1 fully saturated rings. The fourth-order valence-corrected chi connectivity index (χ4v) is 2.61. The highest BCUT2D eigenvalue weighted by Gasteiger charge is 2.63. The van der Waals surface area contributed by atoms with E-state index in [9.17, 15) is 23.1 Å². The number of hydrogen-bond donors (Lipinski definition) is 2. The van der Waals surface area contributed by atoms with Crippen molar-refractivity contribution >= 4 is 5.91 Å². The zero-order valence-corrected chi connectivity index (χ0v) is 14.9. The molecule has 0 aromatic heterocycles. The maximum atomic E-state index is 13.4. The number of alkyl halides is 3. The van der Waals surface area contributed by atoms with E-state index in [0.29, 0.717) is 22.7 Å². The average Bonchev–Trinajstić information content (AvgIpc) is 2.92. The Labute approximate surface area is 150 Å². The summed E-state index contributed by atoms with van der Waals surface area (Å²) < 4.78 is 45.3. The van der Waals surface area contributed by atoms with Crippen molar-refractivity contribution in [2.75, 3.05) is 7.11 Å². The van der Waals surface area contributed by atoms with E-state index in [2.05, 4.69) is 5.43 Å². The molecular formula is C18H23F3N2O3. The number of nitrogens with zero attached hydrogens (tertiary/aromatic N) is 1. The minimum absolute atomic E-state index is 0.182. The molecule has 2 rings (SSSR count). The Morgan fingerprint density at radius 2 is 2.00 bits per heavy atom. The van der Waals surface area contributed by atoms with E-state index >= 15 is 0 Å². The predicted molar refractivity (Wildman–Crippen MR) is 89.8 cm³/mol. The first-order chi connectivity index (χ1) is 12.1. The third-order valence-electron chi connectivity index (χ3n) is 4.12. The number of halogens is 3. The zero-order valence-electron chi connectivity index (χ0n) is 14.9. The van der Waals surface area contributed by atoms with Gasteiger partial charge in [-0.3, -0.25) is 10.2 Å². The number of carbonyl (C=O) groups is 1. The van der Waals surface area contributed by atoms with E-state index in [1.807, 2.05) is 13.8 Å². The highest BCUT2D eigenvalue weighted by molar-refractivity contribution is 5.79. The van der Waals surface area contributed by atoms with Gasteiger partial charge in [0.05, 0.1) is 13.5 Å². The van der Waals surface area contributed by atoms with Crippen LogP contribution in [-0.2, 0) is 11.2 Å². The molecule has 1 amide bonds. The van der Waals surface area contributed by atoms with Gasteiger partial charge in [-0.15, -0.1) is 0 Å². The van der Waals surface area contributed by atoms with E-state index in [1.165, 1.54) is 7.11 Å². The lowest BCUT2D eigenvalue weighted by atomic mass is 10.0. The number of hydrogen-bond acceptors (Lipinski definition) is 4. The highest BCUT2D eigenvalue weighted by Crippen LogP contribution is 2.41. The second-order valence-electron chi connectivity index (χ2n) is 6.72. The van der Waals surface area contributed by atoms with Crippen LogP contribution in [0.4, 0.5) is 13.2 Å². The number of hydrazine groups is 1. The quantitative estimate of drug-likeness (QED) is 0.834.